The maximum Gasteiger partial charge on any atom is 0.264 e. The number of aromatic nitrogens is 2. The third-order valence-electron chi connectivity index (χ3n) is 5.22. The van der Waals surface area contributed by atoms with Crippen LogP contribution in [0, 0.1) is 0 Å². The van der Waals surface area contributed by atoms with Crippen molar-refractivity contribution in [1.29, 1.82) is 0 Å². The molecule has 2 aromatic carbocycles. The molecule has 7 heteroatoms. The Morgan fingerprint density at radius 3 is 2.50 bits per heavy atom. The molecule has 0 radical (unpaired) electrons. The Hall–Kier alpha value is -4.39. The molecule has 1 aliphatic rings. The van der Waals surface area contributed by atoms with Crippen LogP contribution in [0.15, 0.2) is 90.0 Å². The minimum absolute atomic E-state index is 0.0624. The first-order chi connectivity index (χ1) is 15.7. The summed E-state index contributed by atoms with van der Waals surface area (Å²) in [5, 5.41) is 0. The van der Waals surface area contributed by atoms with Crippen LogP contribution < -0.4 is 19.9 Å². The van der Waals surface area contributed by atoms with Crippen molar-refractivity contribution in [3.63, 3.8) is 0 Å². The van der Waals surface area contributed by atoms with E-state index in [-0.39, 0.29) is 18.9 Å². The zero-order valence-electron chi connectivity index (χ0n) is 17.0. The van der Waals surface area contributed by atoms with Crippen molar-refractivity contribution in [2.75, 3.05) is 11.7 Å². The van der Waals surface area contributed by atoms with E-state index in [2.05, 4.69) is 9.97 Å². The van der Waals surface area contributed by atoms with Gasteiger partial charge in [0.1, 0.15) is 5.56 Å². The summed E-state index contributed by atoms with van der Waals surface area (Å²) in [4.78, 5) is 34.7. The highest BCUT2D eigenvalue weighted by Gasteiger charge is 2.22. The Kier molecular flexibility index (Phi) is 5.13. The van der Waals surface area contributed by atoms with Gasteiger partial charge >= 0.3 is 0 Å². The third kappa shape index (κ3) is 3.83. The lowest BCUT2D eigenvalue weighted by Gasteiger charge is -2.23. The van der Waals surface area contributed by atoms with Crippen LogP contribution in [0.1, 0.15) is 15.9 Å². The van der Waals surface area contributed by atoms with E-state index in [1.165, 1.54) is 0 Å². The Balaban J connectivity index is 1.49. The van der Waals surface area contributed by atoms with Gasteiger partial charge in [-0.05, 0) is 54.1 Å². The standard InChI is InChI=1S/C25H19N3O4/c29-24-20(7-8-21(27-24)18-10-12-26-13-11-18)25(30)28(19-4-2-1-3-5-19)15-17-6-9-22-23(14-17)32-16-31-22/h1-14H,15-16H2,(H,27,29). The lowest BCUT2D eigenvalue weighted by atomic mass is 10.1. The van der Waals surface area contributed by atoms with Crippen LogP contribution in [-0.2, 0) is 6.54 Å². The van der Waals surface area contributed by atoms with Crippen LogP contribution in [0.3, 0.4) is 0 Å². The quantitative estimate of drug-likeness (QED) is 0.522. The summed E-state index contributed by atoms with van der Waals surface area (Å²) in [6, 6.07) is 21.7. The highest BCUT2D eigenvalue weighted by Crippen LogP contribution is 2.33. The topological polar surface area (TPSA) is 84.5 Å². The number of hydrogen-bond acceptors (Lipinski definition) is 5. The monoisotopic (exact) mass is 425 g/mol. The Morgan fingerprint density at radius 2 is 1.72 bits per heavy atom. The van der Waals surface area contributed by atoms with E-state index in [0.717, 1.165) is 11.1 Å². The maximum absolute atomic E-state index is 13.5. The van der Waals surface area contributed by atoms with Gasteiger partial charge in [-0.2, -0.15) is 0 Å². The number of carbonyl (C=O) groups is 1. The number of anilines is 1. The molecule has 4 aromatic rings. The number of rotatable bonds is 5. The molecule has 2 aromatic heterocycles. The highest BCUT2D eigenvalue weighted by molar-refractivity contribution is 6.05. The first kappa shape index (κ1) is 19.6. The van der Waals surface area contributed by atoms with Gasteiger partial charge < -0.3 is 19.4 Å². The maximum atomic E-state index is 13.5. The SMILES string of the molecule is O=C(c1ccc(-c2ccncc2)[nH]c1=O)N(Cc1ccc2c(c1)OCO2)c1ccccc1. The number of hydrogen-bond donors (Lipinski definition) is 1. The fraction of sp³-hybridized carbons (Fsp3) is 0.0800. The summed E-state index contributed by atoms with van der Waals surface area (Å²) in [5.74, 6) is 0.924. The molecule has 0 bridgehead atoms. The van der Waals surface area contributed by atoms with Gasteiger partial charge in [-0.1, -0.05) is 24.3 Å². The van der Waals surface area contributed by atoms with E-state index in [1.54, 1.807) is 41.6 Å². The molecule has 0 spiro atoms. The Labute approximate surface area is 183 Å². The minimum atomic E-state index is -0.448. The second kappa shape index (κ2) is 8.39. The van der Waals surface area contributed by atoms with Gasteiger partial charge in [0.15, 0.2) is 11.5 Å². The minimum Gasteiger partial charge on any atom is -0.454 e. The van der Waals surface area contributed by atoms with Crippen LogP contribution >= 0.6 is 0 Å². The van der Waals surface area contributed by atoms with E-state index in [9.17, 15) is 9.59 Å². The number of carbonyl (C=O) groups excluding carboxylic acids is 1. The second-order valence-electron chi connectivity index (χ2n) is 7.27. The molecule has 1 amide bonds. The van der Waals surface area contributed by atoms with Crippen molar-refractivity contribution >= 4 is 11.6 Å². The molecule has 158 valence electrons. The number of pyridine rings is 2. The molecule has 0 fully saturated rings. The summed E-state index contributed by atoms with van der Waals surface area (Å²) in [7, 11) is 0. The molecule has 1 aliphatic heterocycles. The lowest BCUT2D eigenvalue weighted by molar-refractivity contribution is 0.0983. The van der Waals surface area contributed by atoms with Gasteiger partial charge in [-0.15, -0.1) is 0 Å². The van der Waals surface area contributed by atoms with Gasteiger partial charge in [0.25, 0.3) is 11.5 Å². The number of para-hydroxylation sites is 1. The van der Waals surface area contributed by atoms with E-state index >= 15 is 0 Å². The highest BCUT2D eigenvalue weighted by atomic mass is 16.7. The number of H-pyrrole nitrogens is 1. The summed E-state index contributed by atoms with van der Waals surface area (Å²) < 4.78 is 10.8. The van der Waals surface area contributed by atoms with Crippen LogP contribution in [0.25, 0.3) is 11.3 Å². The van der Waals surface area contributed by atoms with E-state index < -0.39 is 11.5 Å². The third-order valence-corrected chi connectivity index (χ3v) is 5.22. The zero-order chi connectivity index (χ0) is 21.9. The lowest BCUT2D eigenvalue weighted by Crippen LogP contribution is -2.34. The molecule has 1 N–H and O–H groups in total. The van der Waals surface area contributed by atoms with Crippen LogP contribution in [0.5, 0.6) is 11.5 Å². The number of fused-ring (bicyclic) bond motifs is 1. The van der Waals surface area contributed by atoms with Crippen LogP contribution in [0.4, 0.5) is 5.69 Å². The average Bonchev–Trinajstić information content (AvgIpc) is 3.31. The summed E-state index contributed by atoms with van der Waals surface area (Å²) in [6.45, 7) is 0.449. The van der Waals surface area contributed by atoms with Crippen molar-refractivity contribution in [2.24, 2.45) is 0 Å². The number of aromatic amines is 1. The van der Waals surface area contributed by atoms with Crippen molar-refractivity contribution in [3.8, 4) is 22.8 Å². The fourth-order valence-electron chi connectivity index (χ4n) is 3.60. The molecule has 0 saturated heterocycles. The van der Waals surface area contributed by atoms with Crippen molar-refractivity contribution in [2.45, 2.75) is 6.54 Å². The van der Waals surface area contributed by atoms with Crippen molar-refractivity contribution < 1.29 is 14.3 Å². The molecule has 5 rings (SSSR count). The van der Waals surface area contributed by atoms with Gasteiger partial charge in [0.05, 0.1) is 6.54 Å². The zero-order valence-corrected chi connectivity index (χ0v) is 17.0. The van der Waals surface area contributed by atoms with Crippen LogP contribution in [-0.4, -0.2) is 22.7 Å². The first-order valence-corrected chi connectivity index (χ1v) is 10.1. The summed E-state index contributed by atoms with van der Waals surface area (Å²) in [5.41, 5.74) is 2.60. The Morgan fingerprint density at radius 1 is 0.938 bits per heavy atom. The molecule has 7 nitrogen and oxygen atoms in total. The first-order valence-electron chi connectivity index (χ1n) is 10.1. The molecule has 32 heavy (non-hydrogen) atoms. The predicted octanol–water partition coefficient (Wildman–Crippen LogP) is 4.01. The molecular weight excluding hydrogens is 406 g/mol. The van der Waals surface area contributed by atoms with Gasteiger partial charge in [0, 0.05) is 29.3 Å². The molecule has 0 atom stereocenters. The number of amides is 1. The van der Waals surface area contributed by atoms with Crippen LogP contribution in [0.2, 0.25) is 0 Å². The molecule has 0 unspecified atom stereocenters. The van der Waals surface area contributed by atoms with Gasteiger partial charge in [0.2, 0.25) is 6.79 Å². The van der Waals surface area contributed by atoms with Crippen molar-refractivity contribution in [3.05, 3.63) is 107 Å². The fourth-order valence-corrected chi connectivity index (χ4v) is 3.60. The number of nitrogens with one attached hydrogen (secondary N) is 1. The molecule has 3 heterocycles. The Bertz CT molecular complexity index is 1320. The molecule has 0 aliphatic carbocycles. The largest absolute Gasteiger partial charge is 0.454 e. The number of ether oxygens (including phenoxy) is 2. The van der Waals surface area contributed by atoms with Gasteiger partial charge in [-0.25, -0.2) is 0 Å². The average molecular weight is 425 g/mol. The molecular formula is C25H19N3O4. The predicted molar refractivity (Wildman–Crippen MR) is 120 cm³/mol. The number of benzene rings is 2. The smallest absolute Gasteiger partial charge is 0.264 e. The van der Waals surface area contributed by atoms with Crippen molar-refractivity contribution in [1.82, 2.24) is 9.97 Å². The number of nitrogens with zero attached hydrogens (tertiary/aromatic N) is 2. The molecule has 0 saturated carbocycles. The summed E-state index contributed by atoms with van der Waals surface area (Å²) in [6.07, 6.45) is 3.30. The van der Waals surface area contributed by atoms with Gasteiger partial charge in [-0.3, -0.25) is 14.6 Å². The van der Waals surface area contributed by atoms with E-state index in [0.29, 0.717) is 22.9 Å². The van der Waals surface area contributed by atoms with E-state index in [4.69, 9.17) is 9.47 Å². The van der Waals surface area contributed by atoms with E-state index in [1.807, 2.05) is 48.5 Å². The summed E-state index contributed by atoms with van der Waals surface area (Å²) >= 11 is 0. The normalized spacial score (nSPS) is 11.9. The second-order valence-corrected chi connectivity index (χ2v) is 7.27.